The van der Waals surface area contributed by atoms with Crippen molar-refractivity contribution in [3.05, 3.63) is 47.5 Å². The number of halogens is 4. The van der Waals surface area contributed by atoms with Crippen LogP contribution >= 0.6 is 11.7 Å². The third kappa shape index (κ3) is 5.59. The number of hydrogen-bond donors (Lipinski definition) is 2. The number of nitrogens with two attached hydrogens (primary N) is 1. The summed E-state index contributed by atoms with van der Waals surface area (Å²) in [6, 6.07) is 2.92. The first-order valence-electron chi connectivity index (χ1n) is 9.90. The molecule has 0 bridgehead atoms. The van der Waals surface area contributed by atoms with E-state index >= 15 is 0 Å². The normalized spacial score (nSPS) is 14.2. The highest BCUT2D eigenvalue weighted by Gasteiger charge is 2.32. The lowest BCUT2D eigenvalue weighted by Gasteiger charge is -2.34. The van der Waals surface area contributed by atoms with Gasteiger partial charge in [0.1, 0.15) is 12.4 Å². The molecule has 0 saturated carbocycles. The molecule has 34 heavy (non-hydrogen) atoms. The number of urea groups is 1. The van der Waals surface area contributed by atoms with Gasteiger partial charge in [-0.1, -0.05) is 0 Å². The fraction of sp³-hybridized carbons (Fsp3) is 0.316. The van der Waals surface area contributed by atoms with Crippen LogP contribution in [-0.4, -0.2) is 55.8 Å². The van der Waals surface area contributed by atoms with Crippen molar-refractivity contribution in [2.45, 2.75) is 12.8 Å². The number of nitrogens with one attached hydrogen (secondary N) is 1. The molecule has 2 amide bonds. The number of alkyl halides is 3. The molecule has 0 radical (unpaired) electrons. The first-order chi connectivity index (χ1) is 16.2. The van der Waals surface area contributed by atoms with Gasteiger partial charge < -0.3 is 25.6 Å². The highest BCUT2D eigenvalue weighted by molar-refractivity contribution is 6.99. The Labute approximate surface area is 194 Å². The maximum Gasteiger partial charge on any atom is 0.416 e. The molecule has 0 unspecified atom stereocenters. The van der Waals surface area contributed by atoms with Gasteiger partial charge in [-0.3, -0.25) is 0 Å². The van der Waals surface area contributed by atoms with Gasteiger partial charge in [0.05, 0.1) is 23.0 Å². The summed E-state index contributed by atoms with van der Waals surface area (Å²) in [5, 5.41) is 2.32. The molecule has 180 valence electrons. The first-order valence-corrected chi connectivity index (χ1v) is 10.6. The van der Waals surface area contributed by atoms with E-state index in [0.29, 0.717) is 42.6 Å². The molecule has 1 fully saturated rings. The average molecular weight is 498 g/mol. The standard InChI is InChI=1S/C19H18F4N8O2S/c20-12-7-11(19(21,22)23)8-14(9-12)27-18(32)31-5-3-30(4-6-31)15-16(29-34-28-15)33-10-13-1-2-25-17(24)26-13/h1-2,7-9H,3-6,10H2,(H,27,32)(H2,24,25,26). The number of carbonyl (C=O) groups excluding carboxylic acids is 1. The molecule has 4 rings (SSSR count). The topological polar surface area (TPSA) is 122 Å². The molecule has 1 saturated heterocycles. The molecular formula is C19H18F4N8O2S. The summed E-state index contributed by atoms with van der Waals surface area (Å²) in [7, 11) is 0. The zero-order chi connectivity index (χ0) is 24.3. The van der Waals surface area contributed by atoms with Gasteiger partial charge in [-0.05, 0) is 24.3 Å². The lowest BCUT2D eigenvalue weighted by molar-refractivity contribution is -0.137. The Kier molecular flexibility index (Phi) is 6.63. The van der Waals surface area contributed by atoms with E-state index in [4.69, 9.17) is 10.5 Å². The molecule has 1 aliphatic heterocycles. The van der Waals surface area contributed by atoms with Crippen molar-refractivity contribution in [3.8, 4) is 5.88 Å². The molecule has 3 heterocycles. The van der Waals surface area contributed by atoms with Crippen molar-refractivity contribution in [1.29, 1.82) is 0 Å². The second-order valence-electron chi connectivity index (χ2n) is 7.22. The Morgan fingerprint density at radius 1 is 1.18 bits per heavy atom. The summed E-state index contributed by atoms with van der Waals surface area (Å²) < 4.78 is 66.4. The SMILES string of the molecule is Nc1nccc(COc2nsnc2N2CCN(C(=O)Nc3cc(F)cc(C(F)(F)F)c3)CC2)n1. The minimum atomic E-state index is -4.73. The predicted octanol–water partition coefficient (Wildman–Crippen LogP) is 3.00. The van der Waals surface area contributed by atoms with E-state index in [0.717, 1.165) is 17.8 Å². The molecule has 0 aliphatic carbocycles. The molecular weight excluding hydrogens is 480 g/mol. The van der Waals surface area contributed by atoms with Crippen molar-refractivity contribution in [1.82, 2.24) is 23.6 Å². The summed E-state index contributed by atoms with van der Waals surface area (Å²) in [5.41, 5.74) is 4.67. The van der Waals surface area contributed by atoms with Gasteiger partial charge in [-0.25, -0.2) is 19.2 Å². The molecule has 3 aromatic rings. The van der Waals surface area contributed by atoms with E-state index in [1.54, 1.807) is 6.07 Å². The first kappa shape index (κ1) is 23.4. The third-order valence-corrected chi connectivity index (χ3v) is 5.38. The Morgan fingerprint density at radius 2 is 1.94 bits per heavy atom. The lowest BCUT2D eigenvalue weighted by atomic mass is 10.2. The number of piperazine rings is 1. The molecule has 10 nitrogen and oxygen atoms in total. The zero-order valence-electron chi connectivity index (χ0n) is 17.4. The van der Waals surface area contributed by atoms with Gasteiger partial charge in [0.2, 0.25) is 11.8 Å². The van der Waals surface area contributed by atoms with Gasteiger partial charge in [0, 0.05) is 38.1 Å². The van der Waals surface area contributed by atoms with Crippen LogP contribution in [0.1, 0.15) is 11.3 Å². The van der Waals surface area contributed by atoms with Crippen molar-refractivity contribution < 1.29 is 27.1 Å². The number of nitrogen functional groups attached to an aromatic ring is 1. The monoisotopic (exact) mass is 498 g/mol. The number of anilines is 3. The Morgan fingerprint density at radius 3 is 2.65 bits per heavy atom. The number of ether oxygens (including phenoxy) is 1. The molecule has 2 aromatic heterocycles. The highest BCUT2D eigenvalue weighted by atomic mass is 32.1. The highest BCUT2D eigenvalue weighted by Crippen LogP contribution is 2.32. The van der Waals surface area contributed by atoms with Gasteiger partial charge >= 0.3 is 12.2 Å². The van der Waals surface area contributed by atoms with Gasteiger partial charge in [-0.2, -0.15) is 17.5 Å². The Balaban J connectivity index is 1.34. The van der Waals surface area contributed by atoms with Gasteiger partial charge in [0.25, 0.3) is 5.88 Å². The minimum Gasteiger partial charge on any atom is -0.468 e. The summed E-state index contributed by atoms with van der Waals surface area (Å²) in [6.07, 6.45) is -3.21. The maximum absolute atomic E-state index is 13.6. The van der Waals surface area contributed by atoms with E-state index in [-0.39, 0.29) is 31.3 Å². The second kappa shape index (κ2) is 9.62. The van der Waals surface area contributed by atoms with Crippen molar-refractivity contribution in [2.24, 2.45) is 0 Å². The average Bonchev–Trinajstić information content (AvgIpc) is 3.25. The number of hydrogen-bond acceptors (Lipinski definition) is 9. The van der Waals surface area contributed by atoms with Crippen LogP contribution in [0.3, 0.4) is 0 Å². The van der Waals surface area contributed by atoms with E-state index in [2.05, 4.69) is 24.0 Å². The molecule has 1 aromatic carbocycles. The molecule has 1 aliphatic rings. The van der Waals surface area contributed by atoms with Crippen LogP contribution < -0.4 is 20.7 Å². The smallest absolute Gasteiger partial charge is 0.416 e. The predicted molar refractivity (Wildman–Crippen MR) is 115 cm³/mol. The summed E-state index contributed by atoms with van der Waals surface area (Å²) in [4.78, 5) is 23.7. The van der Waals surface area contributed by atoms with E-state index < -0.39 is 23.6 Å². The van der Waals surface area contributed by atoms with Crippen molar-refractivity contribution in [2.75, 3.05) is 42.1 Å². The van der Waals surface area contributed by atoms with Crippen molar-refractivity contribution in [3.63, 3.8) is 0 Å². The number of carbonyl (C=O) groups is 1. The number of benzene rings is 1. The van der Waals surface area contributed by atoms with Gasteiger partial charge in [-0.15, -0.1) is 4.37 Å². The number of aromatic nitrogens is 4. The Bertz CT molecular complexity index is 1170. The fourth-order valence-electron chi connectivity index (χ4n) is 3.24. The summed E-state index contributed by atoms with van der Waals surface area (Å²) >= 11 is 0.967. The van der Waals surface area contributed by atoms with E-state index in [1.165, 1.54) is 11.1 Å². The van der Waals surface area contributed by atoms with Crippen LogP contribution in [0, 0.1) is 5.82 Å². The Hall–Kier alpha value is -3.75. The van der Waals surface area contributed by atoms with Crippen LogP contribution in [0.25, 0.3) is 0 Å². The molecule has 0 atom stereocenters. The lowest BCUT2D eigenvalue weighted by Crippen LogP contribution is -2.50. The quantitative estimate of drug-likeness (QED) is 0.515. The number of amides is 2. The number of nitrogens with zero attached hydrogens (tertiary/aromatic N) is 6. The fourth-order valence-corrected chi connectivity index (χ4v) is 3.77. The third-order valence-electron chi connectivity index (χ3n) is 4.87. The largest absolute Gasteiger partial charge is 0.468 e. The van der Waals surface area contributed by atoms with E-state index in [1.807, 2.05) is 4.90 Å². The molecule has 15 heteroatoms. The van der Waals surface area contributed by atoms with Crippen LogP contribution in [-0.2, 0) is 12.8 Å². The zero-order valence-corrected chi connectivity index (χ0v) is 18.2. The van der Waals surface area contributed by atoms with Crippen LogP contribution in [0.15, 0.2) is 30.5 Å². The minimum absolute atomic E-state index is 0.112. The van der Waals surface area contributed by atoms with Crippen LogP contribution in [0.5, 0.6) is 5.88 Å². The second-order valence-corrected chi connectivity index (χ2v) is 7.75. The van der Waals surface area contributed by atoms with Crippen molar-refractivity contribution >= 4 is 35.2 Å². The number of rotatable bonds is 5. The van der Waals surface area contributed by atoms with Crippen LogP contribution in [0.4, 0.5) is 39.8 Å². The van der Waals surface area contributed by atoms with Gasteiger partial charge in [0.15, 0.2) is 0 Å². The molecule has 3 N–H and O–H groups in total. The van der Waals surface area contributed by atoms with Crippen LogP contribution in [0.2, 0.25) is 0 Å². The maximum atomic E-state index is 13.6. The van der Waals surface area contributed by atoms with E-state index in [9.17, 15) is 22.4 Å². The molecule has 0 spiro atoms. The summed E-state index contributed by atoms with van der Waals surface area (Å²) in [5.74, 6) is -0.158. The summed E-state index contributed by atoms with van der Waals surface area (Å²) in [6.45, 7) is 1.39.